The van der Waals surface area contributed by atoms with Crippen LogP contribution in [0.4, 0.5) is 14.9 Å². The van der Waals surface area contributed by atoms with Gasteiger partial charge in [-0.2, -0.15) is 5.26 Å². The van der Waals surface area contributed by atoms with Gasteiger partial charge in [-0.3, -0.25) is 9.69 Å². The summed E-state index contributed by atoms with van der Waals surface area (Å²) in [5, 5.41) is 12.6. The Kier molecular flexibility index (Phi) is 6.88. The van der Waals surface area contributed by atoms with Crippen molar-refractivity contribution in [2.45, 2.75) is 76.6 Å². The average molecular weight is 531 g/mol. The number of nitriles is 1. The summed E-state index contributed by atoms with van der Waals surface area (Å²) < 4.78 is 20.8. The van der Waals surface area contributed by atoms with Gasteiger partial charge in [0.2, 0.25) is 5.91 Å². The van der Waals surface area contributed by atoms with Crippen LogP contribution in [0.15, 0.2) is 48.7 Å². The molecule has 1 N–H and O–H groups in total. The number of piperidine rings is 1. The van der Waals surface area contributed by atoms with Crippen LogP contribution in [0.25, 0.3) is 11.1 Å². The molecule has 3 aliphatic rings. The molecule has 204 valence electrons. The van der Waals surface area contributed by atoms with Crippen LogP contribution >= 0.6 is 0 Å². The van der Waals surface area contributed by atoms with Crippen molar-refractivity contribution < 1.29 is 18.7 Å². The van der Waals surface area contributed by atoms with Crippen LogP contribution in [-0.2, 0) is 22.4 Å². The zero-order valence-corrected chi connectivity index (χ0v) is 23.0. The molecule has 2 fully saturated rings. The van der Waals surface area contributed by atoms with Gasteiger partial charge in [0, 0.05) is 37.3 Å². The van der Waals surface area contributed by atoms with Crippen LogP contribution in [-0.4, -0.2) is 47.7 Å². The molecule has 1 saturated carbocycles. The van der Waals surface area contributed by atoms with Gasteiger partial charge in [0.25, 0.3) is 0 Å². The summed E-state index contributed by atoms with van der Waals surface area (Å²) in [6.45, 7) is 9.45. The molecule has 2 bridgehead atoms. The van der Waals surface area contributed by atoms with Crippen molar-refractivity contribution in [1.82, 2.24) is 10.2 Å². The Morgan fingerprint density at radius 3 is 2.62 bits per heavy atom. The molecule has 4 atom stereocenters. The molecule has 8 heteroatoms. The number of allylic oxidation sites excluding steroid dienone is 1. The molecule has 2 aliphatic heterocycles. The second kappa shape index (κ2) is 10.0. The van der Waals surface area contributed by atoms with E-state index < -0.39 is 29.6 Å². The first-order chi connectivity index (χ1) is 18.4. The molecule has 0 aromatic heterocycles. The summed E-state index contributed by atoms with van der Waals surface area (Å²) in [5.74, 6) is -0.794. The highest BCUT2D eigenvalue weighted by atomic mass is 19.1. The fraction of sp³-hybridized carbons (Fsp3) is 0.452. The van der Waals surface area contributed by atoms with E-state index >= 15 is 4.39 Å². The largest absolute Gasteiger partial charge is 0.444 e. The highest BCUT2D eigenvalue weighted by molar-refractivity contribution is 5.87. The Labute approximate surface area is 229 Å². The van der Waals surface area contributed by atoms with Crippen molar-refractivity contribution >= 4 is 17.7 Å². The van der Waals surface area contributed by atoms with Crippen LogP contribution < -0.4 is 10.2 Å². The lowest BCUT2D eigenvalue weighted by atomic mass is 9.96. The summed E-state index contributed by atoms with van der Waals surface area (Å²) in [5.41, 5.74) is 4.57. The lowest BCUT2D eigenvalue weighted by Crippen LogP contribution is -2.55. The number of carbonyl (C=O) groups is 2. The molecule has 2 aromatic carbocycles. The van der Waals surface area contributed by atoms with E-state index in [9.17, 15) is 14.9 Å². The quantitative estimate of drug-likeness (QED) is 0.564. The van der Waals surface area contributed by atoms with E-state index in [1.165, 1.54) is 11.6 Å². The number of halogens is 1. The van der Waals surface area contributed by atoms with Gasteiger partial charge in [-0.05, 0) is 80.3 Å². The summed E-state index contributed by atoms with van der Waals surface area (Å²) in [6.07, 6.45) is 2.75. The van der Waals surface area contributed by atoms with E-state index in [1.807, 2.05) is 36.2 Å². The molecule has 39 heavy (non-hydrogen) atoms. The molecule has 0 spiro atoms. The van der Waals surface area contributed by atoms with E-state index in [0.717, 1.165) is 48.2 Å². The maximum Gasteiger partial charge on any atom is 0.411 e. The van der Waals surface area contributed by atoms with Crippen molar-refractivity contribution in [3.8, 4) is 17.2 Å². The zero-order chi connectivity index (χ0) is 28.1. The summed E-state index contributed by atoms with van der Waals surface area (Å²) in [7, 11) is 1.97. The highest BCUT2D eigenvalue weighted by Gasteiger charge is 2.52. The first-order valence-electron chi connectivity index (χ1n) is 13.5. The Morgan fingerprint density at radius 1 is 1.21 bits per heavy atom. The number of likely N-dealkylation sites (tertiary alicyclic amines) is 1. The maximum absolute atomic E-state index is 15.2. The van der Waals surface area contributed by atoms with Gasteiger partial charge in [0.15, 0.2) is 0 Å². The van der Waals surface area contributed by atoms with E-state index in [1.54, 1.807) is 31.7 Å². The molecular weight excluding hydrogens is 495 g/mol. The van der Waals surface area contributed by atoms with Crippen LogP contribution in [0.1, 0.15) is 51.2 Å². The number of benzene rings is 2. The number of anilines is 1. The Bertz CT molecular complexity index is 1370. The molecule has 3 unspecified atom stereocenters. The minimum Gasteiger partial charge on any atom is -0.444 e. The van der Waals surface area contributed by atoms with Crippen LogP contribution in [0, 0.1) is 23.1 Å². The molecule has 1 saturated heterocycles. The summed E-state index contributed by atoms with van der Waals surface area (Å²) in [4.78, 5) is 29.8. The molecule has 0 radical (unpaired) electrons. The van der Waals surface area contributed by atoms with Crippen LogP contribution in [0.5, 0.6) is 0 Å². The van der Waals surface area contributed by atoms with E-state index in [-0.39, 0.29) is 24.3 Å². The zero-order valence-electron chi connectivity index (χ0n) is 23.0. The molecule has 5 rings (SSSR count). The molecule has 2 amide bonds. The lowest BCUT2D eigenvalue weighted by molar-refractivity contribution is -0.128. The third kappa shape index (κ3) is 5.23. The topological polar surface area (TPSA) is 85.7 Å². The SMILES string of the molecule is C=C1Cc2ccc(-c3ccc(C[C@@H](C#N)NC(=O)C4C5CCC(C5)N4C(=O)OC(C)(C)C)c(F)c3)cc2N1C. The Morgan fingerprint density at radius 2 is 1.92 bits per heavy atom. The van der Waals surface area contributed by atoms with Crippen molar-refractivity contribution in [3.05, 3.63) is 65.6 Å². The number of hydrogen-bond acceptors (Lipinski definition) is 5. The number of hydrogen-bond donors (Lipinski definition) is 1. The number of rotatable bonds is 5. The minimum atomic E-state index is -0.933. The van der Waals surface area contributed by atoms with E-state index in [0.29, 0.717) is 5.56 Å². The van der Waals surface area contributed by atoms with Crippen molar-refractivity contribution in [2.24, 2.45) is 5.92 Å². The molecule has 1 aliphatic carbocycles. The number of ether oxygens (including phenoxy) is 1. The normalized spacial score (nSPS) is 22.5. The monoisotopic (exact) mass is 530 g/mol. The predicted molar refractivity (Wildman–Crippen MR) is 147 cm³/mol. The van der Waals surface area contributed by atoms with Crippen molar-refractivity contribution in [2.75, 3.05) is 11.9 Å². The number of carbonyl (C=O) groups excluding carboxylic acids is 2. The van der Waals surface area contributed by atoms with Gasteiger partial charge in [-0.1, -0.05) is 30.8 Å². The number of likely N-dealkylation sites (N-methyl/N-ethyl adjacent to an activating group) is 1. The predicted octanol–water partition coefficient (Wildman–Crippen LogP) is 5.34. The van der Waals surface area contributed by atoms with Crippen molar-refractivity contribution in [3.63, 3.8) is 0 Å². The fourth-order valence-corrected chi connectivity index (χ4v) is 6.12. The number of nitrogens with one attached hydrogen (secondary N) is 1. The lowest BCUT2D eigenvalue weighted by Gasteiger charge is -2.35. The molecule has 2 aromatic rings. The van der Waals surface area contributed by atoms with Crippen LogP contribution in [0.3, 0.4) is 0 Å². The summed E-state index contributed by atoms with van der Waals surface area (Å²) in [6, 6.07) is 11.5. The molecule has 7 nitrogen and oxygen atoms in total. The maximum atomic E-state index is 15.2. The smallest absolute Gasteiger partial charge is 0.411 e. The van der Waals surface area contributed by atoms with Crippen LogP contribution in [0.2, 0.25) is 0 Å². The van der Waals surface area contributed by atoms with E-state index in [2.05, 4.69) is 18.0 Å². The summed E-state index contributed by atoms with van der Waals surface area (Å²) >= 11 is 0. The van der Waals surface area contributed by atoms with Crippen molar-refractivity contribution in [1.29, 1.82) is 5.26 Å². The second-order valence-electron chi connectivity index (χ2n) is 11.9. The fourth-order valence-electron chi connectivity index (χ4n) is 6.12. The third-order valence-electron chi connectivity index (χ3n) is 8.06. The van der Waals surface area contributed by atoms with Gasteiger partial charge in [-0.15, -0.1) is 0 Å². The third-order valence-corrected chi connectivity index (χ3v) is 8.06. The number of nitrogens with zero attached hydrogens (tertiary/aromatic N) is 3. The number of amides is 2. The van der Waals surface area contributed by atoms with Gasteiger partial charge < -0.3 is 15.0 Å². The van der Waals surface area contributed by atoms with Gasteiger partial charge in [0.1, 0.15) is 23.5 Å². The molecule has 2 heterocycles. The van der Waals surface area contributed by atoms with Gasteiger partial charge >= 0.3 is 6.09 Å². The Balaban J connectivity index is 1.28. The van der Waals surface area contributed by atoms with Gasteiger partial charge in [0.05, 0.1) is 6.07 Å². The first kappa shape index (κ1) is 26.7. The highest BCUT2D eigenvalue weighted by Crippen LogP contribution is 2.43. The second-order valence-corrected chi connectivity index (χ2v) is 11.9. The Hall–Kier alpha value is -3.86. The van der Waals surface area contributed by atoms with Gasteiger partial charge in [-0.25, -0.2) is 9.18 Å². The minimum absolute atomic E-state index is 0.0222. The molecular formula is C31H35FN4O3. The first-order valence-corrected chi connectivity index (χ1v) is 13.5. The standard InChI is InChI=1S/C31H35FN4O3/c1-18-12-22-9-7-20(16-27(22)35(18)5)19-6-8-21(26(32)15-19)13-24(17-33)34-29(37)28-23-10-11-25(14-23)36(28)30(38)39-31(2,3)4/h6-9,15-16,23-25,28H,1,10-14H2,2-5H3,(H,34,37)/t23?,24-,25?,28?/m0/s1. The average Bonchev–Trinajstić information content (AvgIpc) is 3.57. The number of fused-ring (bicyclic) bond motifs is 3. The van der Waals surface area contributed by atoms with E-state index in [4.69, 9.17) is 4.74 Å².